The first-order valence-corrected chi connectivity index (χ1v) is 8.13. The first kappa shape index (κ1) is 16.5. The molecular weight excluding hydrogens is 302 g/mol. The normalized spacial score (nSPS) is 10.7. The lowest BCUT2D eigenvalue weighted by molar-refractivity contribution is 0.301. The highest BCUT2D eigenvalue weighted by Crippen LogP contribution is 2.23. The summed E-state index contributed by atoms with van der Waals surface area (Å²) in [6.07, 6.45) is 7.79. The first-order chi connectivity index (χ1) is 9.27. The fourth-order valence-corrected chi connectivity index (χ4v) is 2.49. The Balaban J connectivity index is 2.28. The van der Waals surface area contributed by atoms with Gasteiger partial charge in [-0.25, -0.2) is 0 Å². The zero-order chi connectivity index (χ0) is 13.9. The van der Waals surface area contributed by atoms with Crippen LogP contribution in [0.25, 0.3) is 0 Å². The average Bonchev–Trinajstić information content (AvgIpc) is 2.40. The summed E-state index contributed by atoms with van der Waals surface area (Å²) in [5.74, 6) is 1.01. The van der Waals surface area contributed by atoms with E-state index in [1.54, 1.807) is 0 Å². The van der Waals surface area contributed by atoms with Crippen LogP contribution in [0, 0.1) is 0 Å². The molecule has 1 aromatic rings. The van der Waals surface area contributed by atoms with Gasteiger partial charge in [0, 0.05) is 16.6 Å². The van der Waals surface area contributed by atoms with Crippen LogP contribution in [0.4, 0.5) is 0 Å². The Morgan fingerprint density at radius 3 is 2.58 bits per heavy atom. The van der Waals surface area contributed by atoms with Gasteiger partial charge in [-0.15, -0.1) is 0 Å². The third kappa shape index (κ3) is 6.98. The highest BCUT2D eigenvalue weighted by molar-refractivity contribution is 9.10. The quantitative estimate of drug-likeness (QED) is 0.616. The minimum absolute atomic E-state index is 0.824. The number of hydrogen-bond donors (Lipinski definition) is 1. The molecule has 0 aliphatic heterocycles. The molecule has 0 unspecified atom stereocenters. The summed E-state index contributed by atoms with van der Waals surface area (Å²) in [5, 5.41) is 3.18. The largest absolute Gasteiger partial charge is 0.493 e. The van der Waals surface area contributed by atoms with E-state index in [2.05, 4.69) is 34.2 Å². The maximum atomic E-state index is 5.89. The second kappa shape index (κ2) is 10.3. The van der Waals surface area contributed by atoms with Gasteiger partial charge in [0.1, 0.15) is 5.75 Å². The van der Waals surface area contributed by atoms with Crippen LogP contribution in [0.3, 0.4) is 0 Å². The van der Waals surface area contributed by atoms with Gasteiger partial charge >= 0.3 is 0 Å². The van der Waals surface area contributed by atoms with Crippen LogP contribution in [0.5, 0.6) is 5.75 Å². The molecule has 19 heavy (non-hydrogen) atoms. The van der Waals surface area contributed by atoms with Crippen LogP contribution >= 0.6 is 15.9 Å². The lowest BCUT2D eigenvalue weighted by Gasteiger charge is -2.11. The summed E-state index contributed by atoms with van der Waals surface area (Å²) < 4.78 is 6.99. The number of unbranched alkanes of at least 4 members (excludes halogenated alkanes) is 5. The Kier molecular flexibility index (Phi) is 8.93. The van der Waals surface area contributed by atoms with Gasteiger partial charge in [0.15, 0.2) is 0 Å². The van der Waals surface area contributed by atoms with Crippen molar-refractivity contribution in [3.05, 3.63) is 28.2 Å². The molecule has 0 fully saturated rings. The molecule has 1 aromatic carbocycles. The maximum Gasteiger partial charge on any atom is 0.123 e. The topological polar surface area (TPSA) is 21.3 Å². The highest BCUT2D eigenvalue weighted by Gasteiger charge is 2.03. The Labute approximate surface area is 126 Å². The third-order valence-electron chi connectivity index (χ3n) is 3.15. The smallest absolute Gasteiger partial charge is 0.123 e. The van der Waals surface area contributed by atoms with E-state index in [0.717, 1.165) is 29.8 Å². The van der Waals surface area contributed by atoms with Gasteiger partial charge < -0.3 is 10.1 Å². The first-order valence-electron chi connectivity index (χ1n) is 7.33. The van der Waals surface area contributed by atoms with E-state index < -0.39 is 0 Å². The van der Waals surface area contributed by atoms with E-state index >= 15 is 0 Å². The van der Waals surface area contributed by atoms with Crippen LogP contribution in [0.2, 0.25) is 0 Å². The van der Waals surface area contributed by atoms with Gasteiger partial charge in [0.25, 0.3) is 0 Å². The second-order valence-corrected chi connectivity index (χ2v) is 5.81. The van der Waals surface area contributed by atoms with Crippen molar-refractivity contribution < 1.29 is 4.74 Å². The molecule has 0 aliphatic rings. The minimum atomic E-state index is 0.824. The Bertz CT molecular complexity index is 355. The van der Waals surface area contributed by atoms with Crippen molar-refractivity contribution in [1.82, 2.24) is 5.32 Å². The van der Waals surface area contributed by atoms with Crippen LogP contribution in [-0.2, 0) is 6.54 Å². The van der Waals surface area contributed by atoms with E-state index in [1.165, 1.54) is 37.7 Å². The summed E-state index contributed by atoms with van der Waals surface area (Å²) in [5.41, 5.74) is 1.21. The molecule has 3 heteroatoms. The summed E-state index contributed by atoms with van der Waals surface area (Å²) in [4.78, 5) is 0. The summed E-state index contributed by atoms with van der Waals surface area (Å²) in [6.45, 7) is 3.91. The van der Waals surface area contributed by atoms with E-state index in [-0.39, 0.29) is 0 Å². The van der Waals surface area contributed by atoms with Gasteiger partial charge in [-0.1, -0.05) is 55.0 Å². The predicted molar refractivity (Wildman–Crippen MR) is 85.8 cm³/mol. The molecular formula is C16H26BrNO. The van der Waals surface area contributed by atoms with Crippen molar-refractivity contribution in [2.45, 2.75) is 52.0 Å². The molecule has 1 rings (SSSR count). The van der Waals surface area contributed by atoms with E-state index in [1.807, 2.05) is 19.2 Å². The van der Waals surface area contributed by atoms with Gasteiger partial charge in [0.05, 0.1) is 6.61 Å². The van der Waals surface area contributed by atoms with Crippen LogP contribution < -0.4 is 10.1 Å². The fraction of sp³-hybridized carbons (Fsp3) is 0.625. The molecule has 108 valence electrons. The van der Waals surface area contributed by atoms with Crippen molar-refractivity contribution in [1.29, 1.82) is 0 Å². The molecule has 0 aliphatic carbocycles. The zero-order valence-corrected chi connectivity index (χ0v) is 13.8. The van der Waals surface area contributed by atoms with Crippen molar-refractivity contribution in [2.24, 2.45) is 0 Å². The molecule has 0 spiro atoms. The SMILES string of the molecule is CCCCCCCCOc1ccc(Br)cc1CNC. The number of hydrogen-bond acceptors (Lipinski definition) is 2. The van der Waals surface area contributed by atoms with Crippen molar-refractivity contribution in [3.63, 3.8) is 0 Å². The number of nitrogens with one attached hydrogen (secondary N) is 1. The standard InChI is InChI=1S/C16H26BrNO/c1-3-4-5-6-7-8-11-19-16-10-9-15(17)12-14(16)13-18-2/h9-10,12,18H,3-8,11,13H2,1-2H3. The molecule has 0 bridgehead atoms. The fourth-order valence-electron chi connectivity index (χ4n) is 2.08. The monoisotopic (exact) mass is 327 g/mol. The number of rotatable bonds is 10. The van der Waals surface area contributed by atoms with Crippen molar-refractivity contribution >= 4 is 15.9 Å². The molecule has 0 atom stereocenters. The average molecular weight is 328 g/mol. The molecule has 0 saturated heterocycles. The molecule has 0 aromatic heterocycles. The van der Waals surface area contributed by atoms with E-state index in [0.29, 0.717) is 0 Å². The molecule has 0 saturated carbocycles. The molecule has 1 N–H and O–H groups in total. The zero-order valence-electron chi connectivity index (χ0n) is 12.2. The van der Waals surface area contributed by atoms with Crippen LogP contribution in [-0.4, -0.2) is 13.7 Å². The van der Waals surface area contributed by atoms with Crippen molar-refractivity contribution in [2.75, 3.05) is 13.7 Å². The molecule has 0 amide bonds. The highest BCUT2D eigenvalue weighted by atomic mass is 79.9. The van der Waals surface area contributed by atoms with E-state index in [9.17, 15) is 0 Å². The van der Waals surface area contributed by atoms with Crippen LogP contribution in [0.1, 0.15) is 51.0 Å². The summed E-state index contributed by atoms with van der Waals surface area (Å²) in [7, 11) is 1.96. The third-order valence-corrected chi connectivity index (χ3v) is 3.64. The predicted octanol–water partition coefficient (Wildman–Crippen LogP) is 4.91. The Morgan fingerprint density at radius 2 is 1.84 bits per heavy atom. The molecule has 0 heterocycles. The van der Waals surface area contributed by atoms with Gasteiger partial charge in [-0.2, -0.15) is 0 Å². The molecule has 2 nitrogen and oxygen atoms in total. The Hall–Kier alpha value is -0.540. The second-order valence-electron chi connectivity index (χ2n) is 4.90. The minimum Gasteiger partial charge on any atom is -0.493 e. The summed E-state index contributed by atoms with van der Waals surface area (Å²) >= 11 is 3.50. The Morgan fingerprint density at radius 1 is 1.11 bits per heavy atom. The lowest BCUT2D eigenvalue weighted by atomic mass is 10.1. The van der Waals surface area contributed by atoms with Crippen LogP contribution in [0.15, 0.2) is 22.7 Å². The maximum absolute atomic E-state index is 5.89. The lowest BCUT2D eigenvalue weighted by Crippen LogP contribution is -2.08. The number of ether oxygens (including phenoxy) is 1. The van der Waals surface area contributed by atoms with Gasteiger partial charge in [-0.3, -0.25) is 0 Å². The van der Waals surface area contributed by atoms with Gasteiger partial charge in [0.2, 0.25) is 0 Å². The number of halogens is 1. The van der Waals surface area contributed by atoms with Crippen molar-refractivity contribution in [3.8, 4) is 5.75 Å². The van der Waals surface area contributed by atoms with E-state index in [4.69, 9.17) is 4.74 Å². The summed E-state index contributed by atoms with van der Waals surface area (Å²) in [6, 6.07) is 6.21. The molecule has 0 radical (unpaired) electrons. The number of benzene rings is 1. The van der Waals surface area contributed by atoms with Gasteiger partial charge in [-0.05, 0) is 31.7 Å².